The van der Waals surface area contributed by atoms with Crippen molar-refractivity contribution in [1.29, 1.82) is 0 Å². The molecule has 4 rings (SSSR count). The van der Waals surface area contributed by atoms with Crippen LogP contribution in [0.25, 0.3) is 15.6 Å². The van der Waals surface area contributed by atoms with Crippen LogP contribution in [0.4, 0.5) is 11.4 Å². The average molecular weight is 386 g/mol. The van der Waals surface area contributed by atoms with Gasteiger partial charge in [0.2, 0.25) is 0 Å². The van der Waals surface area contributed by atoms with Crippen molar-refractivity contribution in [2.45, 2.75) is 11.3 Å². The van der Waals surface area contributed by atoms with Crippen LogP contribution < -0.4 is 9.86 Å². The Morgan fingerprint density at radius 1 is 1.15 bits per heavy atom. The highest BCUT2D eigenvalue weighted by Gasteiger charge is 2.32. The normalized spacial score (nSPS) is 13.6. The molecule has 0 unspecified atom stereocenters. The van der Waals surface area contributed by atoms with Crippen LogP contribution in [-0.2, 0) is 16.4 Å². The van der Waals surface area contributed by atoms with Gasteiger partial charge in [0.05, 0.1) is 11.5 Å². The van der Waals surface area contributed by atoms with E-state index >= 15 is 0 Å². The Balaban J connectivity index is 1.96. The molecule has 2 heterocycles. The Hall–Kier alpha value is -2.82. The van der Waals surface area contributed by atoms with E-state index < -0.39 is 15.6 Å². The third kappa shape index (κ3) is 2.46. The van der Waals surface area contributed by atoms with Gasteiger partial charge in [-0.1, -0.05) is 23.7 Å². The Labute approximate surface area is 154 Å². The van der Waals surface area contributed by atoms with Crippen LogP contribution in [-0.4, -0.2) is 19.9 Å². The van der Waals surface area contributed by atoms with Gasteiger partial charge in [-0.2, -0.15) is 0 Å². The number of H-pyrrole nitrogens is 1. The minimum Gasteiger partial charge on any atom is -0.329 e. The largest absolute Gasteiger partial charge is 0.329 e. The molecule has 130 valence electrons. The van der Waals surface area contributed by atoms with Crippen LogP contribution in [0.1, 0.15) is 5.56 Å². The molecule has 1 aromatic heterocycles. The minimum atomic E-state index is -3.95. The first kappa shape index (κ1) is 16.6. The first-order valence-corrected chi connectivity index (χ1v) is 9.58. The number of sulfonamides is 1. The van der Waals surface area contributed by atoms with Gasteiger partial charge in [0.25, 0.3) is 15.6 Å². The molecule has 1 aliphatic heterocycles. The second-order valence-corrected chi connectivity index (χ2v) is 8.19. The van der Waals surface area contributed by atoms with Gasteiger partial charge in [0.1, 0.15) is 0 Å². The number of pyridine rings is 1. The number of rotatable bonds is 2. The minimum absolute atomic E-state index is 0.0211. The number of anilines is 1. The van der Waals surface area contributed by atoms with Crippen molar-refractivity contribution < 1.29 is 8.42 Å². The van der Waals surface area contributed by atoms with Crippen LogP contribution in [0.2, 0.25) is 5.02 Å². The van der Waals surface area contributed by atoms with E-state index in [4.69, 9.17) is 18.2 Å². The van der Waals surface area contributed by atoms with E-state index in [1.807, 2.05) is 0 Å². The maximum Gasteiger partial charge on any atom is 0.264 e. The summed E-state index contributed by atoms with van der Waals surface area (Å²) in [5.41, 5.74) is 1.33. The number of halogens is 1. The van der Waals surface area contributed by atoms with Gasteiger partial charge in [-0.25, -0.2) is 13.3 Å². The number of hydrogen-bond donors (Lipinski definition) is 1. The summed E-state index contributed by atoms with van der Waals surface area (Å²) < 4.78 is 28.0. The van der Waals surface area contributed by atoms with E-state index in [1.54, 1.807) is 24.3 Å². The van der Waals surface area contributed by atoms with Crippen molar-refractivity contribution in [2.75, 3.05) is 10.8 Å². The molecule has 0 aliphatic carbocycles. The fourth-order valence-corrected chi connectivity index (χ4v) is 5.23. The first-order chi connectivity index (χ1) is 12.4. The van der Waals surface area contributed by atoms with Crippen molar-refractivity contribution in [3.63, 3.8) is 0 Å². The van der Waals surface area contributed by atoms with Gasteiger partial charge in [-0.3, -0.25) is 9.10 Å². The molecule has 0 bridgehead atoms. The zero-order valence-electron chi connectivity index (χ0n) is 13.4. The molecule has 0 saturated heterocycles. The fourth-order valence-electron chi connectivity index (χ4n) is 3.22. The second kappa shape index (κ2) is 5.87. The van der Waals surface area contributed by atoms with Gasteiger partial charge in [-0.05, 0) is 36.2 Å². The van der Waals surface area contributed by atoms with Crippen LogP contribution in [0.15, 0.2) is 52.3 Å². The Morgan fingerprint density at radius 3 is 2.73 bits per heavy atom. The van der Waals surface area contributed by atoms with Crippen molar-refractivity contribution in [2.24, 2.45) is 0 Å². The molecule has 2 aromatic carbocycles. The van der Waals surface area contributed by atoms with Crippen LogP contribution in [0.3, 0.4) is 0 Å². The number of nitrogens with one attached hydrogen (secondary N) is 1. The Kier molecular flexibility index (Phi) is 3.75. The van der Waals surface area contributed by atoms with Gasteiger partial charge in [0, 0.05) is 34.2 Å². The maximum absolute atomic E-state index is 13.4. The lowest BCUT2D eigenvalue weighted by Gasteiger charge is -2.21. The molecule has 1 N–H and O–H groups in total. The number of benzene rings is 2. The summed E-state index contributed by atoms with van der Waals surface area (Å²) in [6.45, 7) is 7.43. The molecular formula is C18H12ClN3O3S. The standard InChI is InChI=1S/C18H12ClN3O3S/c1-20-13-3-2-11-5-7-22(16(11)10-13)26(24,25)17-9-12(19)8-15-14(17)4-6-21-18(15)23/h2-4,6,8-10H,5,7H2,(H,21,23). The van der Waals surface area contributed by atoms with Gasteiger partial charge in [-0.15, -0.1) is 0 Å². The Bertz CT molecular complexity index is 1260. The van der Waals surface area contributed by atoms with E-state index in [2.05, 4.69) is 9.83 Å². The summed E-state index contributed by atoms with van der Waals surface area (Å²) in [4.78, 5) is 17.9. The topological polar surface area (TPSA) is 74.6 Å². The molecule has 26 heavy (non-hydrogen) atoms. The second-order valence-electron chi connectivity index (χ2n) is 5.92. The number of aromatic amines is 1. The number of fused-ring (bicyclic) bond motifs is 2. The van der Waals surface area contributed by atoms with Gasteiger partial charge < -0.3 is 4.98 Å². The number of nitrogens with zero attached hydrogens (tertiary/aromatic N) is 2. The van der Waals surface area contributed by atoms with Crippen molar-refractivity contribution in [3.05, 3.63) is 75.0 Å². The van der Waals surface area contributed by atoms with E-state index in [0.29, 0.717) is 23.2 Å². The molecule has 0 atom stereocenters. The zero-order chi connectivity index (χ0) is 18.5. The summed E-state index contributed by atoms with van der Waals surface area (Å²) in [5, 5.41) is 0.697. The third-order valence-corrected chi connectivity index (χ3v) is 6.51. The zero-order valence-corrected chi connectivity index (χ0v) is 14.9. The van der Waals surface area contributed by atoms with Crippen LogP contribution in [0.5, 0.6) is 0 Å². The van der Waals surface area contributed by atoms with Crippen LogP contribution in [0, 0.1) is 6.57 Å². The number of hydrogen-bond acceptors (Lipinski definition) is 3. The summed E-state index contributed by atoms with van der Waals surface area (Å²) in [7, 11) is -3.95. The molecule has 0 radical (unpaired) electrons. The third-order valence-electron chi connectivity index (χ3n) is 4.43. The molecule has 3 aromatic rings. The predicted octanol–water partition coefficient (Wildman–Crippen LogP) is 3.48. The first-order valence-electron chi connectivity index (χ1n) is 7.76. The highest BCUT2D eigenvalue weighted by atomic mass is 35.5. The molecular weight excluding hydrogens is 374 g/mol. The highest BCUT2D eigenvalue weighted by Crippen LogP contribution is 2.37. The van der Waals surface area contributed by atoms with Crippen molar-refractivity contribution in [3.8, 4) is 0 Å². The molecule has 0 fully saturated rings. The lowest BCUT2D eigenvalue weighted by molar-refractivity contribution is 0.593. The summed E-state index contributed by atoms with van der Waals surface area (Å²) in [6.07, 6.45) is 1.97. The van der Waals surface area contributed by atoms with Crippen molar-refractivity contribution in [1.82, 2.24) is 4.98 Å². The molecule has 0 saturated carbocycles. The molecule has 6 nitrogen and oxygen atoms in total. The van der Waals surface area contributed by atoms with E-state index in [-0.39, 0.29) is 21.8 Å². The lowest BCUT2D eigenvalue weighted by atomic mass is 10.1. The van der Waals surface area contributed by atoms with Gasteiger partial charge in [0.15, 0.2) is 5.69 Å². The van der Waals surface area contributed by atoms with Gasteiger partial charge >= 0.3 is 0 Å². The molecule has 1 aliphatic rings. The average Bonchev–Trinajstić information content (AvgIpc) is 3.05. The summed E-state index contributed by atoms with van der Waals surface area (Å²) in [6, 6.07) is 9.38. The van der Waals surface area contributed by atoms with E-state index in [1.165, 1.54) is 22.6 Å². The van der Waals surface area contributed by atoms with Crippen LogP contribution >= 0.6 is 11.6 Å². The Morgan fingerprint density at radius 2 is 1.96 bits per heavy atom. The molecule has 8 heteroatoms. The smallest absolute Gasteiger partial charge is 0.264 e. The fraction of sp³-hybridized carbons (Fsp3) is 0.111. The lowest BCUT2D eigenvalue weighted by Crippen LogP contribution is -2.29. The maximum atomic E-state index is 13.4. The number of aromatic nitrogens is 1. The monoisotopic (exact) mass is 385 g/mol. The van der Waals surface area contributed by atoms with Crippen molar-refractivity contribution >= 4 is 43.8 Å². The van der Waals surface area contributed by atoms with E-state index in [9.17, 15) is 13.2 Å². The summed E-state index contributed by atoms with van der Waals surface area (Å²) >= 11 is 6.08. The molecule has 0 amide bonds. The quantitative estimate of drug-likeness (QED) is 0.686. The highest BCUT2D eigenvalue weighted by molar-refractivity contribution is 7.93. The predicted molar refractivity (Wildman–Crippen MR) is 101 cm³/mol. The van der Waals surface area contributed by atoms with E-state index in [0.717, 1.165) is 5.56 Å². The SMILES string of the molecule is [C-]#[N+]c1ccc2c(c1)N(S(=O)(=O)c1cc(Cl)cc3c(=O)[nH]ccc13)CC2. The summed E-state index contributed by atoms with van der Waals surface area (Å²) in [5.74, 6) is 0. The molecule has 0 spiro atoms.